The van der Waals surface area contributed by atoms with Gasteiger partial charge in [0, 0.05) is 37.2 Å². The molecular formula is C44H30N2S. The zero-order valence-corrected chi connectivity index (χ0v) is 26.5. The summed E-state index contributed by atoms with van der Waals surface area (Å²) in [6.07, 6.45) is 7.85. The molecule has 9 rings (SSSR count). The van der Waals surface area contributed by atoms with Crippen molar-refractivity contribution in [1.82, 2.24) is 9.97 Å². The van der Waals surface area contributed by atoms with Crippen molar-refractivity contribution < 1.29 is 0 Å². The van der Waals surface area contributed by atoms with Gasteiger partial charge in [-0.05, 0) is 69.8 Å². The minimum absolute atomic E-state index is 0.333. The lowest BCUT2D eigenvalue weighted by Crippen LogP contribution is -2.02. The molecule has 2 heterocycles. The molecule has 0 fully saturated rings. The summed E-state index contributed by atoms with van der Waals surface area (Å²) in [6.45, 7) is 0. The van der Waals surface area contributed by atoms with E-state index in [0.717, 1.165) is 40.3 Å². The van der Waals surface area contributed by atoms with Gasteiger partial charge in [-0.15, -0.1) is 11.3 Å². The van der Waals surface area contributed by atoms with Crippen LogP contribution in [0.3, 0.4) is 0 Å². The number of benzene rings is 6. The largest absolute Gasteiger partial charge is 0.228 e. The Labute approximate surface area is 278 Å². The van der Waals surface area contributed by atoms with Crippen LogP contribution in [0, 0.1) is 0 Å². The topological polar surface area (TPSA) is 25.8 Å². The van der Waals surface area contributed by atoms with E-state index in [9.17, 15) is 0 Å². The van der Waals surface area contributed by atoms with Gasteiger partial charge in [-0.1, -0.05) is 133 Å². The highest BCUT2D eigenvalue weighted by Gasteiger charge is 2.17. The van der Waals surface area contributed by atoms with Gasteiger partial charge >= 0.3 is 0 Å². The zero-order valence-electron chi connectivity index (χ0n) is 25.7. The number of aromatic nitrogens is 2. The lowest BCUT2D eigenvalue weighted by atomic mass is 9.88. The van der Waals surface area contributed by atoms with Gasteiger partial charge in [0.15, 0.2) is 5.82 Å². The van der Waals surface area contributed by atoms with Crippen LogP contribution in [0.2, 0.25) is 0 Å². The Morgan fingerprint density at radius 2 is 1.23 bits per heavy atom. The monoisotopic (exact) mass is 618 g/mol. The second kappa shape index (κ2) is 11.6. The third kappa shape index (κ3) is 5.25. The molecule has 1 unspecified atom stereocenters. The highest BCUT2D eigenvalue weighted by atomic mass is 32.1. The lowest BCUT2D eigenvalue weighted by Gasteiger charge is -2.18. The van der Waals surface area contributed by atoms with Gasteiger partial charge in [-0.2, -0.15) is 0 Å². The molecule has 0 saturated carbocycles. The predicted octanol–water partition coefficient (Wildman–Crippen LogP) is 12.1. The molecule has 0 aliphatic heterocycles. The second-order valence-corrected chi connectivity index (χ2v) is 13.3. The van der Waals surface area contributed by atoms with Crippen molar-refractivity contribution in [3.8, 4) is 33.8 Å². The molecule has 6 aromatic carbocycles. The quantitative estimate of drug-likeness (QED) is 0.192. The summed E-state index contributed by atoms with van der Waals surface area (Å²) < 4.78 is 2.69. The van der Waals surface area contributed by atoms with Crippen LogP contribution < -0.4 is 0 Å². The Bertz CT molecular complexity index is 2490. The maximum absolute atomic E-state index is 5.08. The Morgan fingerprint density at radius 1 is 0.511 bits per heavy atom. The molecule has 0 radical (unpaired) electrons. The van der Waals surface area contributed by atoms with E-state index in [4.69, 9.17) is 9.97 Å². The Hall–Kier alpha value is -5.64. The van der Waals surface area contributed by atoms with Crippen molar-refractivity contribution in [3.63, 3.8) is 0 Å². The van der Waals surface area contributed by atoms with E-state index in [-0.39, 0.29) is 0 Å². The van der Waals surface area contributed by atoms with Crippen LogP contribution in [0.4, 0.5) is 0 Å². The van der Waals surface area contributed by atoms with Gasteiger partial charge < -0.3 is 0 Å². The average molecular weight is 619 g/mol. The van der Waals surface area contributed by atoms with Crippen molar-refractivity contribution >= 4 is 47.9 Å². The fourth-order valence-corrected chi connectivity index (χ4v) is 7.78. The summed E-state index contributed by atoms with van der Waals surface area (Å²) in [5.41, 5.74) is 8.84. The first-order valence-electron chi connectivity index (χ1n) is 16.1. The van der Waals surface area contributed by atoms with Crippen molar-refractivity contribution in [2.75, 3.05) is 0 Å². The van der Waals surface area contributed by atoms with Gasteiger partial charge in [-0.3, -0.25) is 0 Å². The molecule has 222 valence electrons. The number of thiophene rings is 1. The summed E-state index contributed by atoms with van der Waals surface area (Å²) >= 11 is 1.87. The van der Waals surface area contributed by atoms with E-state index >= 15 is 0 Å². The number of rotatable bonds is 5. The van der Waals surface area contributed by atoms with Gasteiger partial charge in [0.2, 0.25) is 0 Å². The van der Waals surface area contributed by atoms with Crippen LogP contribution in [0.15, 0.2) is 164 Å². The van der Waals surface area contributed by atoms with E-state index in [1.54, 1.807) is 0 Å². The number of hydrogen-bond acceptors (Lipinski definition) is 3. The molecule has 0 amide bonds. The predicted molar refractivity (Wildman–Crippen MR) is 200 cm³/mol. The Morgan fingerprint density at radius 3 is 2.09 bits per heavy atom. The van der Waals surface area contributed by atoms with Crippen molar-refractivity contribution in [2.45, 2.75) is 12.3 Å². The third-order valence-electron chi connectivity index (χ3n) is 9.25. The van der Waals surface area contributed by atoms with Crippen LogP contribution in [0.25, 0.3) is 70.3 Å². The normalized spacial score (nSPS) is 14.6. The summed E-state index contributed by atoms with van der Waals surface area (Å²) in [5.74, 6) is 1.07. The standard InChI is InChI=1S/C44H30N2S/c1-2-9-34(10-3-1)44-45-40(32-19-14-30(15-20-32)36-23-18-29-8-4-5-11-35(29)26-36)28-41(46-44)33-21-16-31(17-22-33)37-24-25-43-39(27-37)38-12-6-7-13-42(38)47-43/h1-16,18-28,31H,17H2. The highest BCUT2D eigenvalue weighted by molar-refractivity contribution is 7.25. The van der Waals surface area contributed by atoms with E-state index in [1.807, 2.05) is 29.5 Å². The maximum Gasteiger partial charge on any atom is 0.160 e. The van der Waals surface area contributed by atoms with Crippen molar-refractivity contribution in [1.29, 1.82) is 0 Å². The maximum atomic E-state index is 5.08. The fourth-order valence-electron chi connectivity index (χ4n) is 6.69. The molecule has 0 spiro atoms. The number of allylic oxidation sites excluding steroid dienone is 4. The molecular weight excluding hydrogens is 589 g/mol. The van der Waals surface area contributed by atoms with Gasteiger partial charge in [0.05, 0.1) is 11.4 Å². The van der Waals surface area contributed by atoms with Crippen LogP contribution in [-0.4, -0.2) is 9.97 Å². The fraction of sp³-hybridized carbons (Fsp3) is 0.0455. The van der Waals surface area contributed by atoms with Gasteiger partial charge in [-0.25, -0.2) is 9.97 Å². The van der Waals surface area contributed by atoms with Gasteiger partial charge in [0.25, 0.3) is 0 Å². The minimum atomic E-state index is 0.333. The lowest BCUT2D eigenvalue weighted by molar-refractivity contribution is 0.857. The molecule has 0 saturated heterocycles. The van der Waals surface area contributed by atoms with Crippen LogP contribution >= 0.6 is 11.3 Å². The summed E-state index contributed by atoms with van der Waals surface area (Å²) in [4.78, 5) is 10.1. The summed E-state index contributed by atoms with van der Waals surface area (Å²) in [6, 6.07) is 52.0. The average Bonchev–Trinajstić information content (AvgIpc) is 3.53. The minimum Gasteiger partial charge on any atom is -0.228 e. The molecule has 3 heteroatoms. The summed E-state index contributed by atoms with van der Waals surface area (Å²) in [5, 5.41) is 5.20. The first-order valence-corrected chi connectivity index (χ1v) is 16.9. The smallest absolute Gasteiger partial charge is 0.160 e. The van der Waals surface area contributed by atoms with E-state index in [1.165, 1.54) is 47.6 Å². The molecule has 8 aromatic rings. The van der Waals surface area contributed by atoms with E-state index in [0.29, 0.717) is 5.92 Å². The SMILES string of the molecule is C1=CC(c2ccc3sc4ccccc4c3c2)CC=C1c1cc(-c2ccc(-c3ccc4ccccc4c3)cc2)nc(-c2ccccc2)n1. The van der Waals surface area contributed by atoms with Crippen LogP contribution in [0.1, 0.15) is 23.6 Å². The van der Waals surface area contributed by atoms with E-state index in [2.05, 4.69) is 146 Å². The molecule has 0 N–H and O–H groups in total. The first-order chi connectivity index (χ1) is 23.2. The van der Waals surface area contributed by atoms with Crippen LogP contribution in [-0.2, 0) is 0 Å². The molecule has 1 aliphatic carbocycles. The van der Waals surface area contributed by atoms with Gasteiger partial charge in [0.1, 0.15) is 0 Å². The number of hydrogen-bond donors (Lipinski definition) is 0. The van der Waals surface area contributed by atoms with Crippen LogP contribution in [0.5, 0.6) is 0 Å². The van der Waals surface area contributed by atoms with Crippen molar-refractivity contribution in [3.05, 3.63) is 175 Å². The number of fused-ring (bicyclic) bond motifs is 4. The zero-order chi connectivity index (χ0) is 31.2. The molecule has 2 nitrogen and oxygen atoms in total. The Kier molecular flexibility index (Phi) is 6.84. The summed E-state index contributed by atoms with van der Waals surface area (Å²) in [7, 11) is 0. The molecule has 0 bridgehead atoms. The highest BCUT2D eigenvalue weighted by Crippen LogP contribution is 2.38. The first kappa shape index (κ1) is 27.7. The molecule has 47 heavy (non-hydrogen) atoms. The second-order valence-electron chi connectivity index (χ2n) is 12.2. The molecule has 2 aromatic heterocycles. The van der Waals surface area contributed by atoms with Crippen molar-refractivity contribution in [2.24, 2.45) is 0 Å². The molecule has 1 aliphatic rings. The third-order valence-corrected chi connectivity index (χ3v) is 10.4. The molecule has 1 atom stereocenters. The van der Waals surface area contributed by atoms with E-state index < -0.39 is 0 Å². The number of nitrogens with zero attached hydrogens (tertiary/aromatic N) is 2. The Balaban J connectivity index is 1.04.